The summed E-state index contributed by atoms with van der Waals surface area (Å²) < 4.78 is 5.48. The number of anilines is 2. The molecule has 2 aromatic carbocycles. The monoisotopic (exact) mass is 408 g/mol. The summed E-state index contributed by atoms with van der Waals surface area (Å²) in [6.45, 7) is 5.46. The first-order chi connectivity index (χ1) is 12.6. The van der Waals surface area contributed by atoms with Crippen LogP contribution in [0.15, 0.2) is 42.5 Å². The minimum absolute atomic E-state index is 0.0113. The Labute approximate surface area is 169 Å². The fourth-order valence-electron chi connectivity index (χ4n) is 2.31. The van der Waals surface area contributed by atoms with Gasteiger partial charge in [-0.05, 0) is 42.5 Å². The Morgan fingerprint density at radius 3 is 2.22 bits per heavy atom. The van der Waals surface area contributed by atoms with Crippen molar-refractivity contribution in [3.8, 4) is 5.75 Å². The maximum atomic E-state index is 12.3. The third-order valence-electron chi connectivity index (χ3n) is 3.74. The van der Waals surface area contributed by atoms with E-state index in [9.17, 15) is 9.59 Å². The van der Waals surface area contributed by atoms with Crippen LogP contribution in [0.1, 0.15) is 20.8 Å². The lowest BCUT2D eigenvalue weighted by molar-refractivity contribution is -0.125. The Bertz CT molecular complexity index is 830. The molecule has 2 aromatic rings. The van der Waals surface area contributed by atoms with Crippen LogP contribution in [0, 0.1) is 5.41 Å². The maximum Gasteiger partial charge on any atom is 0.262 e. The van der Waals surface area contributed by atoms with E-state index < -0.39 is 5.41 Å². The molecule has 0 aliphatic carbocycles. The largest absolute Gasteiger partial charge is 0.484 e. The summed E-state index contributed by atoms with van der Waals surface area (Å²) in [6, 6.07) is 11.8. The van der Waals surface area contributed by atoms with Crippen molar-refractivity contribution in [1.82, 2.24) is 0 Å². The van der Waals surface area contributed by atoms with E-state index in [-0.39, 0.29) is 18.4 Å². The molecule has 0 aliphatic rings. The molecular weight excluding hydrogens is 387 g/mol. The second-order valence-electron chi connectivity index (χ2n) is 7.07. The normalized spacial score (nSPS) is 11.0. The number of halogens is 2. The highest BCUT2D eigenvalue weighted by molar-refractivity contribution is 6.42. The highest BCUT2D eigenvalue weighted by Gasteiger charge is 2.25. The molecule has 7 heteroatoms. The Kier molecular flexibility index (Phi) is 6.73. The van der Waals surface area contributed by atoms with Crippen LogP contribution in [0.2, 0.25) is 10.0 Å². The van der Waals surface area contributed by atoms with Gasteiger partial charge in [-0.25, -0.2) is 0 Å². The van der Waals surface area contributed by atoms with Gasteiger partial charge in [-0.3, -0.25) is 9.59 Å². The lowest BCUT2D eigenvalue weighted by Gasteiger charge is -2.26. The molecule has 27 heavy (non-hydrogen) atoms. The number of carbonyl (C=O) groups excluding carboxylic acids is 2. The number of carbonyl (C=O) groups is 2. The van der Waals surface area contributed by atoms with Gasteiger partial charge in [0.15, 0.2) is 6.61 Å². The van der Waals surface area contributed by atoms with Gasteiger partial charge in [-0.1, -0.05) is 44.0 Å². The molecule has 1 N–H and O–H groups in total. The van der Waals surface area contributed by atoms with E-state index in [0.717, 1.165) is 5.69 Å². The number of benzene rings is 2. The second-order valence-corrected chi connectivity index (χ2v) is 7.89. The smallest absolute Gasteiger partial charge is 0.262 e. The summed E-state index contributed by atoms with van der Waals surface area (Å²) in [4.78, 5) is 25.9. The fourth-order valence-corrected chi connectivity index (χ4v) is 2.60. The van der Waals surface area contributed by atoms with E-state index in [1.54, 1.807) is 54.4 Å². The molecule has 0 aliphatic heterocycles. The molecule has 5 nitrogen and oxygen atoms in total. The highest BCUT2D eigenvalue weighted by Crippen LogP contribution is 2.25. The SMILES string of the molecule is CN(C(=O)C(C)(C)C)c1ccc(OCC(=O)Nc2ccc(Cl)c(Cl)c2)cc1. The number of hydrogen-bond acceptors (Lipinski definition) is 3. The average Bonchev–Trinajstić information content (AvgIpc) is 2.61. The van der Waals surface area contributed by atoms with Gasteiger partial charge >= 0.3 is 0 Å². The Balaban J connectivity index is 1.91. The molecule has 0 saturated heterocycles. The highest BCUT2D eigenvalue weighted by atomic mass is 35.5. The van der Waals surface area contributed by atoms with Gasteiger partial charge in [0, 0.05) is 23.8 Å². The van der Waals surface area contributed by atoms with Crippen molar-refractivity contribution in [1.29, 1.82) is 0 Å². The van der Waals surface area contributed by atoms with Gasteiger partial charge in [0.2, 0.25) is 5.91 Å². The van der Waals surface area contributed by atoms with Gasteiger partial charge in [0.25, 0.3) is 5.91 Å². The first kappa shape index (κ1) is 21.1. The van der Waals surface area contributed by atoms with Crippen molar-refractivity contribution in [3.05, 3.63) is 52.5 Å². The molecule has 0 fully saturated rings. The van der Waals surface area contributed by atoms with Crippen LogP contribution >= 0.6 is 23.2 Å². The van der Waals surface area contributed by atoms with Gasteiger partial charge in [0.05, 0.1) is 10.0 Å². The van der Waals surface area contributed by atoms with E-state index in [1.165, 1.54) is 0 Å². The number of ether oxygens (including phenoxy) is 1. The molecule has 0 atom stereocenters. The summed E-state index contributed by atoms with van der Waals surface area (Å²) in [5, 5.41) is 3.46. The van der Waals surface area contributed by atoms with Crippen LogP contribution in [0.5, 0.6) is 5.75 Å². The molecule has 2 amide bonds. The first-order valence-corrected chi connectivity index (χ1v) is 9.09. The third kappa shape index (κ3) is 5.88. The predicted octanol–water partition coefficient (Wildman–Crippen LogP) is 5.02. The molecule has 0 spiro atoms. The van der Waals surface area contributed by atoms with E-state index in [1.807, 2.05) is 20.8 Å². The third-order valence-corrected chi connectivity index (χ3v) is 4.48. The van der Waals surface area contributed by atoms with Crippen LogP contribution < -0.4 is 15.0 Å². The number of amides is 2. The van der Waals surface area contributed by atoms with Crippen LogP contribution in [0.4, 0.5) is 11.4 Å². The predicted molar refractivity (Wildman–Crippen MR) is 110 cm³/mol. The van der Waals surface area contributed by atoms with Crippen molar-refractivity contribution in [2.24, 2.45) is 5.41 Å². The van der Waals surface area contributed by atoms with Gasteiger partial charge in [-0.2, -0.15) is 0 Å². The average molecular weight is 409 g/mol. The van der Waals surface area contributed by atoms with Crippen molar-refractivity contribution >= 4 is 46.4 Å². The van der Waals surface area contributed by atoms with Gasteiger partial charge in [0.1, 0.15) is 5.75 Å². The zero-order valence-electron chi connectivity index (χ0n) is 15.7. The fraction of sp³-hybridized carbons (Fsp3) is 0.300. The lowest BCUT2D eigenvalue weighted by atomic mass is 9.95. The second kappa shape index (κ2) is 8.63. The van der Waals surface area contributed by atoms with E-state index in [0.29, 0.717) is 21.5 Å². The summed E-state index contributed by atoms with van der Waals surface area (Å²) in [5.74, 6) is 0.217. The molecule has 0 unspecified atom stereocenters. The van der Waals surface area contributed by atoms with E-state index in [4.69, 9.17) is 27.9 Å². The molecular formula is C20H22Cl2N2O3. The minimum atomic E-state index is -0.466. The molecule has 0 bridgehead atoms. The van der Waals surface area contributed by atoms with Gasteiger partial charge in [-0.15, -0.1) is 0 Å². The quantitative estimate of drug-likeness (QED) is 0.755. The standard InChI is InChI=1S/C20H22Cl2N2O3/c1-20(2,3)19(26)24(4)14-6-8-15(9-7-14)27-12-18(25)23-13-5-10-16(21)17(22)11-13/h5-11H,12H2,1-4H3,(H,23,25). The van der Waals surface area contributed by atoms with E-state index in [2.05, 4.69) is 5.32 Å². The molecule has 2 rings (SSSR count). The number of rotatable bonds is 5. The van der Waals surface area contributed by atoms with Crippen LogP contribution in [-0.2, 0) is 9.59 Å². The zero-order valence-corrected chi connectivity index (χ0v) is 17.2. The lowest BCUT2D eigenvalue weighted by Crippen LogP contribution is -2.36. The summed E-state index contributed by atoms with van der Waals surface area (Å²) in [7, 11) is 1.73. The molecule has 0 saturated carbocycles. The van der Waals surface area contributed by atoms with Crippen molar-refractivity contribution in [2.45, 2.75) is 20.8 Å². The van der Waals surface area contributed by atoms with Crippen LogP contribution in [0.25, 0.3) is 0 Å². The van der Waals surface area contributed by atoms with Gasteiger partial charge < -0.3 is 15.0 Å². The number of nitrogens with one attached hydrogen (secondary N) is 1. The zero-order chi connectivity index (χ0) is 20.2. The number of hydrogen-bond donors (Lipinski definition) is 1. The van der Waals surface area contributed by atoms with E-state index >= 15 is 0 Å². The molecule has 0 aromatic heterocycles. The molecule has 0 heterocycles. The Hall–Kier alpha value is -2.24. The molecule has 144 valence electrons. The minimum Gasteiger partial charge on any atom is -0.484 e. The van der Waals surface area contributed by atoms with Crippen molar-refractivity contribution < 1.29 is 14.3 Å². The Morgan fingerprint density at radius 2 is 1.67 bits per heavy atom. The molecule has 0 radical (unpaired) electrons. The summed E-state index contributed by atoms with van der Waals surface area (Å²) in [5.41, 5.74) is 0.824. The van der Waals surface area contributed by atoms with Crippen LogP contribution in [-0.4, -0.2) is 25.5 Å². The summed E-state index contributed by atoms with van der Waals surface area (Å²) in [6.07, 6.45) is 0. The first-order valence-electron chi connectivity index (χ1n) is 8.34. The van der Waals surface area contributed by atoms with Crippen LogP contribution in [0.3, 0.4) is 0 Å². The topological polar surface area (TPSA) is 58.6 Å². The van der Waals surface area contributed by atoms with Crippen molar-refractivity contribution in [3.63, 3.8) is 0 Å². The number of nitrogens with zero attached hydrogens (tertiary/aromatic N) is 1. The maximum absolute atomic E-state index is 12.3. The summed E-state index contributed by atoms with van der Waals surface area (Å²) >= 11 is 11.8. The van der Waals surface area contributed by atoms with Crippen molar-refractivity contribution in [2.75, 3.05) is 23.9 Å². The Morgan fingerprint density at radius 1 is 1.04 bits per heavy atom.